The van der Waals surface area contributed by atoms with Crippen LogP contribution in [0.3, 0.4) is 0 Å². The van der Waals surface area contributed by atoms with Crippen LogP contribution in [-0.4, -0.2) is 44.9 Å². The highest BCUT2D eigenvalue weighted by molar-refractivity contribution is 7.98. The third-order valence-electron chi connectivity index (χ3n) is 4.44. The molecule has 0 radical (unpaired) electrons. The summed E-state index contributed by atoms with van der Waals surface area (Å²) in [5.74, 6) is 0.0766. The monoisotopic (exact) mass is 376 g/mol. The molecule has 132 valence electrons. The van der Waals surface area contributed by atoms with Crippen LogP contribution >= 0.6 is 23.4 Å². The van der Waals surface area contributed by atoms with Crippen molar-refractivity contribution in [3.05, 3.63) is 53.6 Å². The summed E-state index contributed by atoms with van der Waals surface area (Å²) in [4.78, 5) is 17.1. The highest BCUT2D eigenvalue weighted by atomic mass is 35.5. The number of hydrogen-bond acceptors (Lipinski definition) is 3. The summed E-state index contributed by atoms with van der Waals surface area (Å²) >= 11 is 7.72. The Morgan fingerprint density at radius 3 is 2.68 bits per heavy atom. The Morgan fingerprint density at radius 1 is 1.20 bits per heavy atom. The molecule has 2 aromatic rings. The lowest BCUT2D eigenvalue weighted by Crippen LogP contribution is -3.15. The van der Waals surface area contributed by atoms with Crippen LogP contribution in [0.5, 0.6) is 0 Å². The van der Waals surface area contributed by atoms with Crippen LogP contribution in [0.4, 0.5) is 11.4 Å². The molecule has 1 heterocycles. The summed E-state index contributed by atoms with van der Waals surface area (Å²) in [6.45, 7) is 4.27. The number of halogens is 1. The van der Waals surface area contributed by atoms with E-state index in [0.29, 0.717) is 6.54 Å². The first-order chi connectivity index (χ1) is 12.2. The van der Waals surface area contributed by atoms with Crippen LogP contribution in [0.15, 0.2) is 53.4 Å². The van der Waals surface area contributed by atoms with Crippen LogP contribution < -0.4 is 15.1 Å². The number of hydrogen-bond donors (Lipinski definition) is 2. The number of benzene rings is 2. The van der Waals surface area contributed by atoms with Crippen LogP contribution in [0, 0.1) is 0 Å². The molecule has 1 amide bonds. The fourth-order valence-corrected chi connectivity index (χ4v) is 3.84. The maximum atomic E-state index is 12.4. The second kappa shape index (κ2) is 8.61. The van der Waals surface area contributed by atoms with E-state index in [1.54, 1.807) is 11.8 Å². The van der Waals surface area contributed by atoms with E-state index in [-0.39, 0.29) is 5.91 Å². The Morgan fingerprint density at radius 2 is 1.96 bits per heavy atom. The van der Waals surface area contributed by atoms with Crippen molar-refractivity contribution in [2.45, 2.75) is 4.90 Å². The average Bonchev–Trinajstić information content (AvgIpc) is 2.63. The normalized spacial score (nSPS) is 15.2. The average molecular weight is 377 g/mol. The van der Waals surface area contributed by atoms with Gasteiger partial charge in [0.25, 0.3) is 5.91 Å². The van der Waals surface area contributed by atoms with Crippen LogP contribution in [0.1, 0.15) is 0 Å². The highest BCUT2D eigenvalue weighted by Gasteiger charge is 2.22. The second-order valence-electron chi connectivity index (χ2n) is 6.14. The first kappa shape index (κ1) is 18.1. The summed E-state index contributed by atoms with van der Waals surface area (Å²) in [5.41, 5.74) is 2.06. The zero-order chi connectivity index (χ0) is 17.6. The molecule has 1 fully saturated rings. The maximum absolute atomic E-state index is 12.4. The van der Waals surface area contributed by atoms with Gasteiger partial charge < -0.3 is 15.1 Å². The molecular weight excluding hydrogens is 354 g/mol. The first-order valence-corrected chi connectivity index (χ1v) is 10.0. The molecule has 2 aromatic carbocycles. The van der Waals surface area contributed by atoms with E-state index in [9.17, 15) is 4.79 Å². The number of piperazine rings is 1. The van der Waals surface area contributed by atoms with Gasteiger partial charge in [0, 0.05) is 15.6 Å². The Kier molecular flexibility index (Phi) is 6.24. The molecule has 0 aliphatic carbocycles. The van der Waals surface area contributed by atoms with E-state index in [1.165, 1.54) is 4.90 Å². The molecule has 0 unspecified atom stereocenters. The number of nitrogens with zero attached hydrogens (tertiary/aromatic N) is 1. The van der Waals surface area contributed by atoms with Crippen molar-refractivity contribution < 1.29 is 9.69 Å². The van der Waals surface area contributed by atoms with Crippen molar-refractivity contribution in [2.24, 2.45) is 0 Å². The number of quaternary nitrogens is 1. The molecule has 4 nitrogen and oxygen atoms in total. The SMILES string of the molecule is CSc1ccccc1NC(=O)C[NH+]1CCN(c2cccc(Cl)c2)CC1. The minimum Gasteiger partial charge on any atom is -0.360 e. The smallest absolute Gasteiger partial charge is 0.279 e. The van der Waals surface area contributed by atoms with E-state index in [0.717, 1.165) is 47.5 Å². The van der Waals surface area contributed by atoms with Gasteiger partial charge in [-0.2, -0.15) is 0 Å². The largest absolute Gasteiger partial charge is 0.360 e. The van der Waals surface area contributed by atoms with Crippen LogP contribution in [0.25, 0.3) is 0 Å². The summed E-state index contributed by atoms with van der Waals surface area (Å²) < 4.78 is 0. The quantitative estimate of drug-likeness (QED) is 0.787. The lowest BCUT2D eigenvalue weighted by atomic mass is 10.2. The topological polar surface area (TPSA) is 36.8 Å². The van der Waals surface area contributed by atoms with Crippen molar-refractivity contribution in [1.82, 2.24) is 0 Å². The fourth-order valence-electron chi connectivity index (χ4n) is 3.10. The number of carbonyl (C=O) groups excluding carboxylic acids is 1. The maximum Gasteiger partial charge on any atom is 0.279 e. The molecule has 25 heavy (non-hydrogen) atoms. The molecule has 0 bridgehead atoms. The van der Waals surface area contributed by atoms with Gasteiger partial charge >= 0.3 is 0 Å². The minimum absolute atomic E-state index is 0.0766. The predicted octanol–water partition coefficient (Wildman–Crippen LogP) is 2.41. The van der Waals surface area contributed by atoms with Crippen molar-refractivity contribution in [3.63, 3.8) is 0 Å². The van der Waals surface area contributed by atoms with Gasteiger partial charge in [0.05, 0.1) is 31.9 Å². The molecule has 1 saturated heterocycles. The number of nitrogens with one attached hydrogen (secondary N) is 2. The molecule has 1 aliphatic heterocycles. The predicted molar refractivity (Wildman–Crippen MR) is 106 cm³/mol. The fraction of sp³-hybridized carbons (Fsp3) is 0.316. The van der Waals surface area contributed by atoms with Gasteiger partial charge in [-0.1, -0.05) is 29.8 Å². The van der Waals surface area contributed by atoms with Gasteiger partial charge in [-0.05, 0) is 36.6 Å². The number of anilines is 2. The summed E-state index contributed by atoms with van der Waals surface area (Å²) in [5, 5.41) is 3.81. The third kappa shape index (κ3) is 4.91. The van der Waals surface area contributed by atoms with Gasteiger partial charge in [-0.15, -0.1) is 11.8 Å². The molecule has 3 rings (SSSR count). The van der Waals surface area contributed by atoms with Crippen molar-refractivity contribution in [2.75, 3.05) is 49.2 Å². The van der Waals surface area contributed by atoms with E-state index in [4.69, 9.17) is 11.6 Å². The number of amides is 1. The summed E-state index contributed by atoms with van der Waals surface area (Å²) in [7, 11) is 0. The van der Waals surface area contributed by atoms with Crippen molar-refractivity contribution >= 4 is 40.6 Å². The molecule has 0 spiro atoms. The molecule has 6 heteroatoms. The van der Waals surface area contributed by atoms with Gasteiger partial charge in [0.2, 0.25) is 0 Å². The lowest BCUT2D eigenvalue weighted by molar-refractivity contribution is -0.892. The van der Waals surface area contributed by atoms with E-state index >= 15 is 0 Å². The minimum atomic E-state index is 0.0766. The summed E-state index contributed by atoms with van der Waals surface area (Å²) in [6.07, 6.45) is 2.02. The van der Waals surface area contributed by atoms with Crippen molar-refractivity contribution in [3.8, 4) is 0 Å². The highest BCUT2D eigenvalue weighted by Crippen LogP contribution is 2.24. The number of thioether (sulfide) groups is 1. The van der Waals surface area contributed by atoms with Crippen LogP contribution in [-0.2, 0) is 4.79 Å². The van der Waals surface area contributed by atoms with Crippen LogP contribution in [0.2, 0.25) is 5.02 Å². The Labute approximate surface area is 158 Å². The Hall–Kier alpha value is -1.69. The number of carbonyl (C=O) groups is 1. The van der Waals surface area contributed by atoms with E-state index < -0.39 is 0 Å². The van der Waals surface area contributed by atoms with E-state index in [1.807, 2.05) is 48.7 Å². The third-order valence-corrected chi connectivity index (χ3v) is 5.47. The molecule has 1 aliphatic rings. The second-order valence-corrected chi connectivity index (χ2v) is 7.43. The van der Waals surface area contributed by atoms with Gasteiger partial charge in [-0.3, -0.25) is 4.79 Å². The van der Waals surface area contributed by atoms with Gasteiger partial charge in [-0.25, -0.2) is 0 Å². The first-order valence-electron chi connectivity index (χ1n) is 8.42. The zero-order valence-electron chi connectivity index (χ0n) is 14.3. The molecular formula is C19H23ClN3OS+. The Balaban J connectivity index is 1.51. The Bertz CT molecular complexity index is 732. The van der Waals surface area contributed by atoms with Gasteiger partial charge in [0.15, 0.2) is 6.54 Å². The number of rotatable bonds is 5. The lowest BCUT2D eigenvalue weighted by Gasteiger charge is -2.33. The molecule has 0 saturated carbocycles. The van der Waals surface area contributed by atoms with Gasteiger partial charge in [0.1, 0.15) is 0 Å². The molecule has 0 aromatic heterocycles. The molecule has 2 N–H and O–H groups in total. The van der Waals surface area contributed by atoms with Crippen molar-refractivity contribution in [1.29, 1.82) is 0 Å². The standard InChI is InChI=1S/C19H22ClN3OS/c1-25-18-8-3-2-7-17(18)21-19(24)14-22-9-11-23(12-10-22)16-6-4-5-15(20)13-16/h2-8,13H,9-12,14H2,1H3,(H,21,24)/p+1. The molecule has 0 atom stereocenters. The number of para-hydroxylation sites is 1. The summed E-state index contributed by atoms with van der Waals surface area (Å²) in [6, 6.07) is 15.9. The van der Waals surface area contributed by atoms with E-state index in [2.05, 4.69) is 16.3 Å². The zero-order valence-corrected chi connectivity index (χ0v) is 15.9.